The molecule has 0 saturated carbocycles. The van der Waals surface area contributed by atoms with Crippen molar-refractivity contribution in [2.24, 2.45) is 0 Å². The van der Waals surface area contributed by atoms with E-state index < -0.39 is 5.60 Å². The topological polar surface area (TPSA) is 49.9 Å². The number of hydrogen-bond acceptors (Lipinski definition) is 3. The highest BCUT2D eigenvalue weighted by Gasteiger charge is 2.34. The fourth-order valence-electron chi connectivity index (χ4n) is 3.78. The van der Waals surface area contributed by atoms with Crippen molar-refractivity contribution >= 4 is 12.0 Å². The average Bonchev–Trinajstić information content (AvgIpc) is 2.60. The molecule has 26 heavy (non-hydrogen) atoms. The largest absolute Gasteiger partial charge is 0.444 e. The second-order valence-corrected chi connectivity index (χ2v) is 8.38. The van der Waals surface area contributed by atoms with Gasteiger partial charge in [-0.25, -0.2) is 4.79 Å². The van der Waals surface area contributed by atoms with Crippen molar-refractivity contribution in [1.29, 1.82) is 0 Å². The van der Waals surface area contributed by atoms with Gasteiger partial charge in [-0.15, -0.1) is 0 Å². The first-order valence-corrected chi connectivity index (χ1v) is 9.68. The molecule has 1 atom stereocenters. The average molecular weight is 358 g/mol. The zero-order chi connectivity index (χ0) is 18.7. The Morgan fingerprint density at radius 1 is 1.08 bits per heavy atom. The highest BCUT2D eigenvalue weighted by Crippen LogP contribution is 2.27. The zero-order valence-electron chi connectivity index (χ0n) is 16.2. The lowest BCUT2D eigenvalue weighted by atomic mass is 9.92. The molecule has 2 aliphatic heterocycles. The minimum atomic E-state index is -0.546. The van der Waals surface area contributed by atoms with Crippen LogP contribution in [0.15, 0.2) is 24.3 Å². The SMILES string of the molecule is CC(C)(C)OC(=O)N1Cc2ccccc2C[C@H]1CC(=O)N1CCCCC1. The van der Waals surface area contributed by atoms with Gasteiger partial charge in [0.1, 0.15) is 5.60 Å². The van der Waals surface area contributed by atoms with Crippen LogP contribution in [0.2, 0.25) is 0 Å². The molecule has 2 aliphatic rings. The molecular weight excluding hydrogens is 328 g/mol. The van der Waals surface area contributed by atoms with E-state index in [0.29, 0.717) is 19.4 Å². The Labute approximate surface area is 156 Å². The van der Waals surface area contributed by atoms with E-state index in [1.165, 1.54) is 12.0 Å². The van der Waals surface area contributed by atoms with Crippen molar-refractivity contribution in [3.05, 3.63) is 35.4 Å². The number of carbonyl (C=O) groups excluding carboxylic acids is 2. The summed E-state index contributed by atoms with van der Waals surface area (Å²) in [5.41, 5.74) is 1.82. The number of carbonyl (C=O) groups is 2. The first-order chi connectivity index (χ1) is 12.3. The highest BCUT2D eigenvalue weighted by molar-refractivity contribution is 5.78. The molecule has 0 N–H and O–H groups in total. The standard InChI is InChI=1S/C21H30N2O3/c1-21(2,3)26-20(25)23-15-17-10-6-5-9-16(17)13-18(23)14-19(24)22-11-7-4-8-12-22/h5-6,9-10,18H,4,7-8,11-15H2,1-3H3/t18-/m0/s1. The van der Waals surface area contributed by atoms with Crippen molar-refractivity contribution in [2.75, 3.05) is 13.1 Å². The van der Waals surface area contributed by atoms with E-state index in [0.717, 1.165) is 31.5 Å². The van der Waals surface area contributed by atoms with Gasteiger partial charge in [-0.1, -0.05) is 24.3 Å². The van der Waals surface area contributed by atoms with E-state index in [1.807, 2.05) is 37.8 Å². The van der Waals surface area contributed by atoms with E-state index in [4.69, 9.17) is 4.74 Å². The predicted molar refractivity (Wildman–Crippen MR) is 101 cm³/mol. The van der Waals surface area contributed by atoms with E-state index in [-0.39, 0.29) is 18.0 Å². The molecule has 1 aromatic rings. The van der Waals surface area contributed by atoms with E-state index in [2.05, 4.69) is 12.1 Å². The number of benzene rings is 1. The van der Waals surface area contributed by atoms with Gasteiger partial charge in [0.05, 0.1) is 0 Å². The van der Waals surface area contributed by atoms with E-state index in [1.54, 1.807) is 4.90 Å². The van der Waals surface area contributed by atoms with Crippen molar-refractivity contribution in [2.45, 2.75) is 71.1 Å². The smallest absolute Gasteiger partial charge is 0.410 e. The van der Waals surface area contributed by atoms with Gasteiger partial charge in [0.15, 0.2) is 0 Å². The molecule has 0 spiro atoms. The molecule has 0 bridgehead atoms. The Morgan fingerprint density at radius 3 is 2.38 bits per heavy atom. The van der Waals surface area contributed by atoms with Crippen molar-refractivity contribution in [3.8, 4) is 0 Å². The van der Waals surface area contributed by atoms with Crippen LogP contribution in [0.5, 0.6) is 0 Å². The Bertz CT molecular complexity index is 659. The molecule has 1 aromatic carbocycles. The summed E-state index contributed by atoms with van der Waals surface area (Å²) in [5.74, 6) is 0.155. The van der Waals surface area contributed by atoms with Gasteiger partial charge in [0.25, 0.3) is 0 Å². The van der Waals surface area contributed by atoms with Crippen LogP contribution >= 0.6 is 0 Å². The molecule has 3 rings (SSSR count). The predicted octanol–water partition coefficient (Wildman–Crippen LogP) is 3.75. The lowest BCUT2D eigenvalue weighted by Crippen LogP contribution is -2.49. The number of fused-ring (bicyclic) bond motifs is 1. The molecule has 0 unspecified atom stereocenters. The molecule has 142 valence electrons. The lowest BCUT2D eigenvalue weighted by molar-refractivity contribution is -0.133. The van der Waals surface area contributed by atoms with Crippen LogP contribution in [-0.4, -0.2) is 46.5 Å². The van der Waals surface area contributed by atoms with E-state index >= 15 is 0 Å². The minimum Gasteiger partial charge on any atom is -0.444 e. The maximum Gasteiger partial charge on any atom is 0.410 e. The number of amides is 2. The second kappa shape index (κ2) is 7.68. The Morgan fingerprint density at radius 2 is 1.73 bits per heavy atom. The maximum atomic E-state index is 12.8. The summed E-state index contributed by atoms with van der Waals surface area (Å²) in [6.07, 6.45) is 4.10. The summed E-state index contributed by atoms with van der Waals surface area (Å²) in [5, 5.41) is 0. The first-order valence-electron chi connectivity index (χ1n) is 9.68. The molecule has 0 radical (unpaired) electrons. The molecule has 1 saturated heterocycles. The maximum absolute atomic E-state index is 12.8. The quantitative estimate of drug-likeness (QED) is 0.809. The number of ether oxygens (including phenoxy) is 1. The Balaban J connectivity index is 1.77. The molecular formula is C21H30N2O3. The third-order valence-electron chi connectivity index (χ3n) is 5.10. The number of piperidine rings is 1. The lowest BCUT2D eigenvalue weighted by Gasteiger charge is -2.38. The van der Waals surface area contributed by atoms with Gasteiger partial charge in [-0.05, 0) is 57.6 Å². The molecule has 1 fully saturated rings. The first kappa shape index (κ1) is 18.7. The van der Waals surface area contributed by atoms with E-state index in [9.17, 15) is 9.59 Å². The third kappa shape index (κ3) is 4.57. The zero-order valence-corrected chi connectivity index (χ0v) is 16.2. The summed E-state index contributed by atoms with van der Waals surface area (Å²) in [4.78, 5) is 29.3. The molecule has 2 amide bonds. The molecule has 0 aromatic heterocycles. The van der Waals surface area contributed by atoms with Crippen LogP contribution < -0.4 is 0 Å². The molecule has 2 heterocycles. The highest BCUT2D eigenvalue weighted by atomic mass is 16.6. The third-order valence-corrected chi connectivity index (χ3v) is 5.10. The van der Waals surface area contributed by atoms with Gasteiger partial charge in [0, 0.05) is 32.1 Å². The summed E-state index contributed by atoms with van der Waals surface area (Å²) in [6.45, 7) is 7.80. The number of rotatable bonds is 2. The molecule has 0 aliphatic carbocycles. The summed E-state index contributed by atoms with van der Waals surface area (Å²) in [7, 11) is 0. The second-order valence-electron chi connectivity index (χ2n) is 8.38. The Hall–Kier alpha value is -2.04. The van der Waals surface area contributed by atoms with Crippen molar-refractivity contribution in [3.63, 3.8) is 0 Å². The van der Waals surface area contributed by atoms with Gasteiger partial charge < -0.3 is 14.5 Å². The minimum absolute atomic E-state index is 0.144. The summed E-state index contributed by atoms with van der Waals surface area (Å²) >= 11 is 0. The van der Waals surface area contributed by atoms with Crippen LogP contribution in [0.4, 0.5) is 4.79 Å². The van der Waals surface area contributed by atoms with Gasteiger partial charge in [-0.2, -0.15) is 0 Å². The van der Waals surface area contributed by atoms with Crippen LogP contribution in [0.3, 0.4) is 0 Å². The van der Waals surface area contributed by atoms with Gasteiger partial charge in [-0.3, -0.25) is 4.79 Å². The van der Waals surface area contributed by atoms with Gasteiger partial charge >= 0.3 is 6.09 Å². The van der Waals surface area contributed by atoms with Crippen molar-refractivity contribution < 1.29 is 14.3 Å². The van der Waals surface area contributed by atoms with Gasteiger partial charge in [0.2, 0.25) is 5.91 Å². The Kier molecular flexibility index (Phi) is 5.54. The summed E-state index contributed by atoms with van der Waals surface area (Å²) < 4.78 is 5.61. The van der Waals surface area contributed by atoms with Crippen LogP contribution in [0, 0.1) is 0 Å². The number of nitrogens with zero attached hydrogens (tertiary/aromatic N) is 2. The van der Waals surface area contributed by atoms with Crippen molar-refractivity contribution in [1.82, 2.24) is 9.80 Å². The monoisotopic (exact) mass is 358 g/mol. The fourth-order valence-corrected chi connectivity index (χ4v) is 3.78. The molecule has 5 heteroatoms. The normalized spacial score (nSPS) is 20.5. The molecule has 5 nitrogen and oxygen atoms in total. The fraction of sp³-hybridized carbons (Fsp3) is 0.619. The van der Waals surface area contributed by atoms with Crippen LogP contribution in [0.25, 0.3) is 0 Å². The number of hydrogen-bond donors (Lipinski definition) is 0. The summed E-state index contributed by atoms with van der Waals surface area (Å²) in [6, 6.07) is 8.01. The van der Waals surface area contributed by atoms with Crippen LogP contribution in [-0.2, 0) is 22.5 Å². The number of likely N-dealkylation sites (tertiary alicyclic amines) is 1. The van der Waals surface area contributed by atoms with Crippen LogP contribution in [0.1, 0.15) is 57.6 Å².